The van der Waals surface area contributed by atoms with E-state index in [2.05, 4.69) is 20.8 Å². The van der Waals surface area contributed by atoms with Crippen LogP contribution in [0, 0.1) is 6.92 Å². The first-order valence-corrected chi connectivity index (χ1v) is 10.1. The first-order chi connectivity index (χ1) is 14.0. The molecule has 150 valence electrons. The van der Waals surface area contributed by atoms with Crippen molar-refractivity contribution < 1.29 is 14.3 Å². The molecule has 1 saturated heterocycles. The second kappa shape index (κ2) is 9.88. The van der Waals surface area contributed by atoms with Gasteiger partial charge in [-0.25, -0.2) is 0 Å². The molecule has 2 aromatic carbocycles. The molecule has 0 aromatic heterocycles. The Labute approximate surface area is 173 Å². The first kappa shape index (κ1) is 20.6. The third kappa shape index (κ3) is 6.18. The molecule has 0 saturated carbocycles. The van der Waals surface area contributed by atoms with Crippen LogP contribution in [-0.4, -0.2) is 35.1 Å². The van der Waals surface area contributed by atoms with Gasteiger partial charge in [-0.3, -0.25) is 9.59 Å². The lowest BCUT2D eigenvalue weighted by Gasteiger charge is -2.08. The average molecular weight is 410 g/mol. The lowest BCUT2D eigenvalue weighted by molar-refractivity contribution is -0.122. The van der Waals surface area contributed by atoms with Crippen molar-refractivity contribution in [1.82, 2.24) is 5.32 Å². The van der Waals surface area contributed by atoms with Crippen molar-refractivity contribution in [3.8, 4) is 5.75 Å². The number of nitrogens with one attached hydrogen (secondary N) is 2. The number of amidine groups is 1. The molecule has 0 radical (unpaired) electrons. The molecule has 2 amide bonds. The van der Waals surface area contributed by atoms with Crippen molar-refractivity contribution >= 4 is 40.6 Å². The Morgan fingerprint density at radius 2 is 1.93 bits per heavy atom. The second-order valence-corrected chi connectivity index (χ2v) is 7.56. The number of nitrogens with zero attached hydrogens (tertiary/aromatic N) is 2. The summed E-state index contributed by atoms with van der Waals surface area (Å²) in [6.45, 7) is 4.50. The summed E-state index contributed by atoms with van der Waals surface area (Å²) in [5.41, 5.74) is 2.73. The molecule has 0 bridgehead atoms. The number of carbonyl (C=O) groups excluding carboxylic acids is 2. The Kier molecular flexibility index (Phi) is 7.02. The highest BCUT2D eigenvalue weighted by Crippen LogP contribution is 2.23. The number of benzene rings is 2. The Bertz CT molecular complexity index is 924. The van der Waals surface area contributed by atoms with E-state index >= 15 is 0 Å². The van der Waals surface area contributed by atoms with E-state index in [9.17, 15) is 9.59 Å². The van der Waals surface area contributed by atoms with Gasteiger partial charge in [0.25, 0.3) is 0 Å². The SMILES string of the molecule is CCOc1ccc(NC(=O)CC2S/C(=N/N=Cc3ccc(C)cc3)NC2=O)cc1. The summed E-state index contributed by atoms with van der Waals surface area (Å²) in [6.07, 6.45) is 1.66. The predicted molar refractivity (Wildman–Crippen MR) is 117 cm³/mol. The van der Waals surface area contributed by atoms with Gasteiger partial charge in [-0.05, 0) is 43.7 Å². The highest BCUT2D eigenvalue weighted by molar-refractivity contribution is 8.15. The maximum atomic E-state index is 12.3. The van der Waals surface area contributed by atoms with Crippen LogP contribution in [0.3, 0.4) is 0 Å². The smallest absolute Gasteiger partial charge is 0.240 e. The number of carbonyl (C=O) groups is 2. The van der Waals surface area contributed by atoms with Crippen LogP contribution in [0.1, 0.15) is 24.5 Å². The monoisotopic (exact) mass is 410 g/mol. The van der Waals surface area contributed by atoms with Gasteiger partial charge in [0.2, 0.25) is 11.8 Å². The number of hydrogen-bond acceptors (Lipinski definition) is 6. The molecule has 1 atom stereocenters. The number of aryl methyl sites for hydroxylation is 1. The molecular formula is C21H22N4O3S. The van der Waals surface area contributed by atoms with Gasteiger partial charge in [0.15, 0.2) is 5.17 Å². The van der Waals surface area contributed by atoms with E-state index in [0.717, 1.165) is 11.3 Å². The van der Waals surface area contributed by atoms with Crippen molar-refractivity contribution in [3.63, 3.8) is 0 Å². The van der Waals surface area contributed by atoms with E-state index in [-0.39, 0.29) is 18.2 Å². The van der Waals surface area contributed by atoms with Gasteiger partial charge in [0.05, 0.1) is 12.8 Å². The summed E-state index contributed by atoms with van der Waals surface area (Å²) in [7, 11) is 0. The van der Waals surface area contributed by atoms with Gasteiger partial charge in [0, 0.05) is 12.1 Å². The fourth-order valence-electron chi connectivity index (χ4n) is 2.57. The fourth-order valence-corrected chi connectivity index (χ4v) is 3.49. The van der Waals surface area contributed by atoms with Crippen molar-refractivity contribution in [1.29, 1.82) is 0 Å². The third-order valence-corrected chi connectivity index (χ3v) is 5.10. The van der Waals surface area contributed by atoms with Gasteiger partial charge in [0.1, 0.15) is 11.0 Å². The van der Waals surface area contributed by atoms with Crippen molar-refractivity contribution in [2.45, 2.75) is 25.5 Å². The molecule has 2 N–H and O–H groups in total. The number of thioether (sulfide) groups is 1. The molecule has 7 nitrogen and oxygen atoms in total. The molecule has 1 fully saturated rings. The van der Waals surface area contributed by atoms with Crippen molar-refractivity contribution in [2.75, 3.05) is 11.9 Å². The average Bonchev–Trinajstić information content (AvgIpc) is 3.04. The van der Waals surface area contributed by atoms with Crippen molar-refractivity contribution in [2.24, 2.45) is 10.2 Å². The van der Waals surface area contributed by atoms with Gasteiger partial charge in [-0.2, -0.15) is 5.10 Å². The minimum absolute atomic E-state index is 0.0460. The number of amides is 2. The van der Waals surface area contributed by atoms with Crippen LogP contribution in [-0.2, 0) is 9.59 Å². The fraction of sp³-hybridized carbons (Fsp3) is 0.238. The van der Waals surface area contributed by atoms with E-state index in [4.69, 9.17) is 4.74 Å². The van der Waals surface area contributed by atoms with Crippen LogP contribution < -0.4 is 15.4 Å². The highest BCUT2D eigenvalue weighted by atomic mass is 32.2. The quantitative estimate of drug-likeness (QED) is 0.541. The molecule has 3 rings (SSSR count). The molecule has 29 heavy (non-hydrogen) atoms. The maximum absolute atomic E-state index is 12.3. The Morgan fingerprint density at radius 3 is 2.62 bits per heavy atom. The summed E-state index contributed by atoms with van der Waals surface area (Å²) < 4.78 is 5.37. The van der Waals surface area contributed by atoms with Gasteiger partial charge >= 0.3 is 0 Å². The van der Waals surface area contributed by atoms with E-state index in [1.165, 1.54) is 17.3 Å². The summed E-state index contributed by atoms with van der Waals surface area (Å²) in [5, 5.41) is 13.3. The van der Waals surface area contributed by atoms with Gasteiger partial charge in [-0.15, -0.1) is 5.10 Å². The van der Waals surface area contributed by atoms with Gasteiger partial charge in [-0.1, -0.05) is 41.6 Å². The normalized spacial score (nSPS) is 17.5. The van der Waals surface area contributed by atoms with Crippen LogP contribution in [0.5, 0.6) is 5.75 Å². The first-order valence-electron chi connectivity index (χ1n) is 9.21. The molecule has 2 aromatic rings. The molecule has 0 aliphatic carbocycles. The number of anilines is 1. The minimum Gasteiger partial charge on any atom is -0.494 e. The highest BCUT2D eigenvalue weighted by Gasteiger charge is 2.32. The lowest BCUT2D eigenvalue weighted by atomic mass is 10.2. The van der Waals surface area contributed by atoms with Crippen molar-refractivity contribution in [3.05, 3.63) is 59.7 Å². The zero-order chi connectivity index (χ0) is 20.6. The van der Waals surface area contributed by atoms with E-state index in [1.807, 2.05) is 38.1 Å². The van der Waals surface area contributed by atoms with E-state index in [0.29, 0.717) is 17.5 Å². The predicted octanol–water partition coefficient (Wildman–Crippen LogP) is 3.34. The second-order valence-electron chi connectivity index (χ2n) is 6.37. The summed E-state index contributed by atoms with van der Waals surface area (Å²) in [6, 6.07) is 14.9. The van der Waals surface area contributed by atoms with Crippen LogP contribution in [0.15, 0.2) is 58.7 Å². The van der Waals surface area contributed by atoms with E-state index < -0.39 is 5.25 Å². The lowest BCUT2D eigenvalue weighted by Crippen LogP contribution is -2.28. The number of rotatable bonds is 7. The Balaban J connectivity index is 1.51. The topological polar surface area (TPSA) is 92.2 Å². The number of hydrogen-bond donors (Lipinski definition) is 2. The molecule has 1 aliphatic rings. The maximum Gasteiger partial charge on any atom is 0.240 e. The minimum atomic E-state index is -0.536. The van der Waals surface area contributed by atoms with Crippen LogP contribution in [0.2, 0.25) is 0 Å². The molecule has 1 heterocycles. The van der Waals surface area contributed by atoms with Crippen LogP contribution in [0.4, 0.5) is 5.69 Å². The van der Waals surface area contributed by atoms with Crippen LogP contribution >= 0.6 is 11.8 Å². The standard InChI is InChI=1S/C21H22N4O3S/c1-3-28-17-10-8-16(9-11-17)23-19(26)12-18-20(27)24-21(29-18)25-22-13-15-6-4-14(2)5-7-15/h4-11,13,18H,3,12H2,1-2H3,(H,23,26)(H,24,25,27). The number of ether oxygens (including phenoxy) is 1. The molecule has 0 spiro atoms. The zero-order valence-electron chi connectivity index (χ0n) is 16.2. The van der Waals surface area contributed by atoms with Gasteiger partial charge < -0.3 is 15.4 Å². The summed E-state index contributed by atoms with van der Waals surface area (Å²) in [5.74, 6) is 0.246. The van der Waals surface area contributed by atoms with E-state index in [1.54, 1.807) is 30.5 Å². The Hall–Kier alpha value is -3.13. The molecule has 1 aliphatic heterocycles. The molecule has 1 unspecified atom stereocenters. The largest absolute Gasteiger partial charge is 0.494 e. The third-order valence-electron chi connectivity index (χ3n) is 4.03. The molecule has 8 heteroatoms. The summed E-state index contributed by atoms with van der Waals surface area (Å²) >= 11 is 1.20. The zero-order valence-corrected chi connectivity index (χ0v) is 17.0. The summed E-state index contributed by atoms with van der Waals surface area (Å²) in [4.78, 5) is 24.4. The van der Waals surface area contributed by atoms with Crippen LogP contribution in [0.25, 0.3) is 0 Å². The molecular weight excluding hydrogens is 388 g/mol. The Morgan fingerprint density at radius 1 is 1.21 bits per heavy atom.